The third-order valence-electron chi connectivity index (χ3n) is 5.18. The normalized spacial score (nSPS) is 17.8. The van der Waals surface area contributed by atoms with Crippen LogP contribution in [0.4, 0.5) is 10.1 Å². The van der Waals surface area contributed by atoms with Crippen molar-refractivity contribution in [1.82, 2.24) is 4.90 Å². The Hall–Kier alpha value is -2.73. The van der Waals surface area contributed by atoms with Crippen LogP contribution in [0.25, 0.3) is 0 Å². The number of hydrogen-bond acceptors (Lipinski definition) is 3. The zero-order valence-corrected chi connectivity index (χ0v) is 17.0. The number of nitrogens with zero attached hydrogens (tertiary/aromatic N) is 1. The highest BCUT2D eigenvalue weighted by Gasteiger charge is 2.26. The zero-order valence-electron chi connectivity index (χ0n) is 17.0. The Labute approximate surface area is 170 Å². The van der Waals surface area contributed by atoms with Crippen molar-refractivity contribution in [3.05, 3.63) is 65.5 Å². The molecule has 3 rings (SSSR count). The molecule has 2 aromatic rings. The Balaban J connectivity index is 1.77. The Bertz CT molecular complexity index is 867. The first-order valence-electron chi connectivity index (χ1n) is 9.92. The number of rotatable bonds is 5. The van der Waals surface area contributed by atoms with Crippen LogP contribution in [0.5, 0.6) is 0 Å². The number of benzene rings is 2. The second-order valence-electron chi connectivity index (χ2n) is 7.77. The Morgan fingerprint density at radius 2 is 1.90 bits per heavy atom. The van der Waals surface area contributed by atoms with Crippen LogP contribution >= 0.6 is 0 Å². The molecule has 1 fully saturated rings. The highest BCUT2D eigenvalue weighted by Crippen LogP contribution is 2.27. The van der Waals surface area contributed by atoms with E-state index in [0.717, 1.165) is 5.56 Å². The van der Waals surface area contributed by atoms with Crippen molar-refractivity contribution in [2.24, 2.45) is 5.92 Å². The van der Waals surface area contributed by atoms with Gasteiger partial charge in [-0.2, -0.15) is 0 Å². The zero-order chi connectivity index (χ0) is 21.0. The third kappa shape index (κ3) is 5.01. The van der Waals surface area contributed by atoms with E-state index in [1.165, 1.54) is 12.1 Å². The van der Waals surface area contributed by atoms with Crippen molar-refractivity contribution in [3.63, 3.8) is 0 Å². The van der Waals surface area contributed by atoms with E-state index in [2.05, 4.69) is 5.32 Å². The van der Waals surface area contributed by atoms with E-state index in [1.54, 1.807) is 41.3 Å². The molecule has 1 aliphatic heterocycles. The van der Waals surface area contributed by atoms with E-state index in [1.807, 2.05) is 20.8 Å². The summed E-state index contributed by atoms with van der Waals surface area (Å²) in [7, 11) is 0. The number of amides is 2. The van der Waals surface area contributed by atoms with Gasteiger partial charge in [0, 0.05) is 17.8 Å². The van der Waals surface area contributed by atoms with Gasteiger partial charge in [0.25, 0.3) is 5.91 Å². The van der Waals surface area contributed by atoms with Crippen molar-refractivity contribution >= 4 is 17.5 Å². The number of halogens is 1. The quantitative estimate of drug-likeness (QED) is 0.826. The van der Waals surface area contributed by atoms with Gasteiger partial charge >= 0.3 is 0 Å². The first kappa shape index (κ1) is 21.0. The molecule has 0 saturated carbocycles. The minimum atomic E-state index is -0.422. The van der Waals surface area contributed by atoms with Gasteiger partial charge in [-0.05, 0) is 48.7 Å². The lowest BCUT2D eigenvalue weighted by atomic mass is 9.87. The summed E-state index contributed by atoms with van der Waals surface area (Å²) in [6.07, 6.45) is 0. The summed E-state index contributed by atoms with van der Waals surface area (Å²) in [5.74, 6) is -0.985. The van der Waals surface area contributed by atoms with E-state index in [4.69, 9.17) is 4.74 Å². The van der Waals surface area contributed by atoms with Crippen LogP contribution in [0.1, 0.15) is 42.6 Å². The lowest BCUT2D eigenvalue weighted by molar-refractivity contribution is -0.118. The van der Waals surface area contributed by atoms with Gasteiger partial charge < -0.3 is 15.0 Å². The number of morpholine rings is 1. The number of anilines is 1. The van der Waals surface area contributed by atoms with Gasteiger partial charge in [0.2, 0.25) is 5.91 Å². The molecule has 1 heterocycles. The molecule has 0 spiro atoms. The molecule has 0 aliphatic carbocycles. The molecule has 2 atom stereocenters. The van der Waals surface area contributed by atoms with Gasteiger partial charge in [-0.1, -0.05) is 32.0 Å². The Morgan fingerprint density at radius 1 is 1.17 bits per heavy atom. The summed E-state index contributed by atoms with van der Waals surface area (Å²) < 4.78 is 18.7. The molecule has 5 nitrogen and oxygen atoms in total. The highest BCUT2D eigenvalue weighted by atomic mass is 19.1. The lowest BCUT2D eigenvalue weighted by Gasteiger charge is -2.33. The summed E-state index contributed by atoms with van der Waals surface area (Å²) in [6.45, 7) is 7.46. The van der Waals surface area contributed by atoms with Crippen molar-refractivity contribution < 1.29 is 18.7 Å². The highest BCUT2D eigenvalue weighted by molar-refractivity contribution is 5.99. The summed E-state index contributed by atoms with van der Waals surface area (Å²) in [4.78, 5) is 27.6. The number of carbonyl (C=O) groups is 2. The lowest BCUT2D eigenvalue weighted by Crippen LogP contribution is -2.47. The van der Waals surface area contributed by atoms with Gasteiger partial charge in [0.1, 0.15) is 5.82 Å². The predicted octanol–water partition coefficient (Wildman–Crippen LogP) is 4.06. The monoisotopic (exact) mass is 398 g/mol. The van der Waals surface area contributed by atoms with E-state index in [0.29, 0.717) is 31.0 Å². The molecule has 1 aliphatic rings. The van der Waals surface area contributed by atoms with Crippen LogP contribution in [-0.4, -0.2) is 42.5 Å². The second-order valence-corrected chi connectivity index (χ2v) is 7.77. The van der Waals surface area contributed by atoms with Crippen LogP contribution in [0.2, 0.25) is 0 Å². The minimum Gasteiger partial charge on any atom is -0.377 e. The van der Waals surface area contributed by atoms with E-state index in [-0.39, 0.29) is 29.6 Å². The Kier molecular flexibility index (Phi) is 6.64. The fourth-order valence-corrected chi connectivity index (χ4v) is 3.65. The number of nitrogens with one attached hydrogen (secondary N) is 1. The number of ether oxygens (including phenoxy) is 1. The van der Waals surface area contributed by atoms with Gasteiger partial charge in [-0.3, -0.25) is 9.59 Å². The molecule has 0 aromatic heterocycles. The van der Waals surface area contributed by atoms with Crippen molar-refractivity contribution in [1.29, 1.82) is 0 Å². The molecule has 0 radical (unpaired) electrons. The van der Waals surface area contributed by atoms with Crippen LogP contribution in [0.3, 0.4) is 0 Å². The summed E-state index contributed by atoms with van der Waals surface area (Å²) in [5.41, 5.74) is 1.85. The van der Waals surface area contributed by atoms with E-state index in [9.17, 15) is 14.0 Å². The van der Waals surface area contributed by atoms with Crippen LogP contribution in [0.15, 0.2) is 48.5 Å². The van der Waals surface area contributed by atoms with Crippen molar-refractivity contribution in [2.45, 2.75) is 32.7 Å². The van der Waals surface area contributed by atoms with Crippen LogP contribution in [-0.2, 0) is 9.53 Å². The molecule has 29 heavy (non-hydrogen) atoms. The fourth-order valence-electron chi connectivity index (χ4n) is 3.65. The SMILES string of the molecule is CC(C)C(C(=O)Nc1cccc(C(=O)N2CCOCC2C)c1)c1ccc(F)cc1. The van der Waals surface area contributed by atoms with Crippen LogP contribution < -0.4 is 5.32 Å². The molecule has 154 valence electrons. The molecular weight excluding hydrogens is 371 g/mol. The van der Waals surface area contributed by atoms with Gasteiger partial charge in [0.05, 0.1) is 25.2 Å². The molecule has 2 amide bonds. The summed E-state index contributed by atoms with van der Waals surface area (Å²) in [6, 6.07) is 13.0. The minimum absolute atomic E-state index is 0.0123. The molecule has 2 aromatic carbocycles. The summed E-state index contributed by atoms with van der Waals surface area (Å²) in [5, 5.41) is 2.92. The second kappa shape index (κ2) is 9.18. The van der Waals surface area contributed by atoms with Crippen LogP contribution in [0, 0.1) is 11.7 Å². The van der Waals surface area contributed by atoms with E-state index < -0.39 is 5.92 Å². The molecular formula is C23H27FN2O3. The number of hydrogen-bond donors (Lipinski definition) is 1. The maximum atomic E-state index is 13.3. The molecule has 1 saturated heterocycles. The maximum Gasteiger partial charge on any atom is 0.254 e. The fraction of sp³-hybridized carbons (Fsp3) is 0.391. The Morgan fingerprint density at radius 3 is 2.55 bits per heavy atom. The molecule has 0 bridgehead atoms. The largest absolute Gasteiger partial charge is 0.377 e. The van der Waals surface area contributed by atoms with E-state index >= 15 is 0 Å². The molecule has 6 heteroatoms. The van der Waals surface area contributed by atoms with Crippen molar-refractivity contribution in [2.75, 3.05) is 25.1 Å². The summed E-state index contributed by atoms with van der Waals surface area (Å²) >= 11 is 0. The standard InChI is InChI=1S/C23H27FN2O3/c1-15(2)21(17-7-9-19(24)10-8-17)22(27)25-20-6-4-5-18(13-20)23(28)26-11-12-29-14-16(26)3/h4-10,13,15-16,21H,11-12,14H2,1-3H3,(H,25,27). The maximum absolute atomic E-state index is 13.3. The average Bonchev–Trinajstić information content (AvgIpc) is 2.69. The smallest absolute Gasteiger partial charge is 0.254 e. The number of carbonyl (C=O) groups excluding carboxylic acids is 2. The first-order valence-corrected chi connectivity index (χ1v) is 9.92. The topological polar surface area (TPSA) is 58.6 Å². The van der Waals surface area contributed by atoms with Gasteiger partial charge in [0.15, 0.2) is 0 Å². The molecule has 1 N–H and O–H groups in total. The van der Waals surface area contributed by atoms with Crippen molar-refractivity contribution in [3.8, 4) is 0 Å². The van der Waals surface area contributed by atoms with Gasteiger partial charge in [-0.15, -0.1) is 0 Å². The average molecular weight is 398 g/mol. The first-order chi connectivity index (χ1) is 13.9. The third-order valence-corrected chi connectivity index (χ3v) is 5.18. The molecule has 2 unspecified atom stereocenters. The van der Waals surface area contributed by atoms with Gasteiger partial charge in [-0.25, -0.2) is 4.39 Å². The predicted molar refractivity (Wildman–Crippen MR) is 110 cm³/mol.